The number of benzene rings is 1. The monoisotopic (exact) mass is 248 g/mol. The Balaban J connectivity index is 2.41. The number of hydrogen-bond acceptors (Lipinski definition) is 3. The van der Waals surface area contributed by atoms with E-state index in [4.69, 9.17) is 11.6 Å². The van der Waals surface area contributed by atoms with E-state index in [1.54, 1.807) is 25.3 Å². The molecule has 1 N–H and O–H groups in total. The average molecular weight is 249 g/mol. The van der Waals surface area contributed by atoms with Crippen molar-refractivity contribution in [3.05, 3.63) is 46.7 Å². The number of halogens is 1. The van der Waals surface area contributed by atoms with E-state index in [0.29, 0.717) is 10.8 Å². The standard InChI is InChI=1S/C13H13ClN2O/c1-8-12(9(2)17)7-15-13(16-8)10-3-5-11(14)6-4-10/h3-7,9,17H,1-2H3/t9-/m0/s1. The number of rotatable bonds is 2. The quantitative estimate of drug-likeness (QED) is 0.888. The summed E-state index contributed by atoms with van der Waals surface area (Å²) in [6.45, 7) is 3.57. The van der Waals surface area contributed by atoms with Crippen molar-refractivity contribution in [2.24, 2.45) is 0 Å². The minimum absolute atomic E-state index is 0.547. The Morgan fingerprint density at radius 2 is 1.88 bits per heavy atom. The molecule has 88 valence electrons. The van der Waals surface area contributed by atoms with Crippen molar-refractivity contribution >= 4 is 11.6 Å². The third-order valence-electron chi connectivity index (χ3n) is 2.57. The van der Waals surface area contributed by atoms with Gasteiger partial charge < -0.3 is 5.11 Å². The molecule has 0 bridgehead atoms. The summed E-state index contributed by atoms with van der Waals surface area (Å²) in [4.78, 5) is 8.63. The first kappa shape index (κ1) is 12.0. The van der Waals surface area contributed by atoms with Gasteiger partial charge in [0.2, 0.25) is 0 Å². The molecule has 0 unspecified atom stereocenters. The normalized spacial score (nSPS) is 12.5. The highest BCUT2D eigenvalue weighted by molar-refractivity contribution is 6.30. The molecule has 0 aliphatic carbocycles. The van der Waals surface area contributed by atoms with Crippen molar-refractivity contribution in [3.8, 4) is 11.4 Å². The minimum Gasteiger partial charge on any atom is -0.389 e. The van der Waals surface area contributed by atoms with Gasteiger partial charge in [-0.15, -0.1) is 0 Å². The fourth-order valence-electron chi connectivity index (χ4n) is 1.62. The van der Waals surface area contributed by atoms with Crippen LogP contribution in [-0.2, 0) is 0 Å². The van der Waals surface area contributed by atoms with Crippen LogP contribution in [0.3, 0.4) is 0 Å². The second-order valence-electron chi connectivity index (χ2n) is 3.92. The number of aromatic nitrogens is 2. The topological polar surface area (TPSA) is 46.0 Å². The lowest BCUT2D eigenvalue weighted by atomic mass is 10.1. The van der Waals surface area contributed by atoms with Gasteiger partial charge in [0.15, 0.2) is 5.82 Å². The van der Waals surface area contributed by atoms with E-state index in [-0.39, 0.29) is 0 Å². The van der Waals surface area contributed by atoms with E-state index in [1.807, 2.05) is 19.1 Å². The third kappa shape index (κ3) is 2.62. The maximum absolute atomic E-state index is 9.50. The van der Waals surface area contributed by atoms with Crippen molar-refractivity contribution < 1.29 is 5.11 Å². The highest BCUT2D eigenvalue weighted by Crippen LogP contribution is 2.21. The molecular formula is C13H13ClN2O. The molecule has 3 nitrogen and oxygen atoms in total. The molecule has 2 rings (SSSR count). The van der Waals surface area contributed by atoms with E-state index >= 15 is 0 Å². The molecule has 0 fully saturated rings. The Kier molecular flexibility index (Phi) is 3.41. The number of nitrogens with zero attached hydrogens (tertiary/aromatic N) is 2. The molecule has 4 heteroatoms. The Morgan fingerprint density at radius 1 is 1.24 bits per heavy atom. The first-order chi connectivity index (χ1) is 8.08. The summed E-state index contributed by atoms with van der Waals surface area (Å²) in [5.74, 6) is 0.642. The van der Waals surface area contributed by atoms with E-state index < -0.39 is 6.10 Å². The van der Waals surface area contributed by atoms with Gasteiger partial charge in [-0.2, -0.15) is 0 Å². The van der Waals surface area contributed by atoms with Gasteiger partial charge in [-0.25, -0.2) is 9.97 Å². The Bertz CT molecular complexity index is 523. The van der Waals surface area contributed by atoms with Gasteiger partial charge in [0.1, 0.15) is 0 Å². The lowest BCUT2D eigenvalue weighted by molar-refractivity contribution is 0.197. The zero-order chi connectivity index (χ0) is 12.4. The van der Waals surface area contributed by atoms with Gasteiger partial charge in [-0.3, -0.25) is 0 Å². The van der Waals surface area contributed by atoms with Crippen LogP contribution in [0.5, 0.6) is 0 Å². The SMILES string of the molecule is Cc1nc(-c2ccc(Cl)cc2)ncc1[C@H](C)O. The summed E-state index contributed by atoms with van der Waals surface area (Å²) in [5, 5.41) is 10.2. The van der Waals surface area contributed by atoms with Crippen LogP contribution >= 0.6 is 11.6 Å². The van der Waals surface area contributed by atoms with Gasteiger partial charge in [-0.05, 0) is 38.1 Å². The van der Waals surface area contributed by atoms with Crippen molar-refractivity contribution in [2.75, 3.05) is 0 Å². The molecule has 1 heterocycles. The fraction of sp³-hybridized carbons (Fsp3) is 0.231. The first-order valence-electron chi connectivity index (χ1n) is 5.35. The highest BCUT2D eigenvalue weighted by Gasteiger charge is 2.09. The van der Waals surface area contributed by atoms with Crippen LogP contribution in [0, 0.1) is 6.92 Å². The summed E-state index contributed by atoms with van der Waals surface area (Å²) < 4.78 is 0. The van der Waals surface area contributed by atoms with Gasteiger partial charge in [0, 0.05) is 28.0 Å². The molecule has 0 radical (unpaired) electrons. The molecule has 0 saturated heterocycles. The van der Waals surface area contributed by atoms with E-state index in [0.717, 1.165) is 16.8 Å². The molecule has 0 aliphatic heterocycles. The molecule has 0 amide bonds. The van der Waals surface area contributed by atoms with Crippen molar-refractivity contribution in [1.82, 2.24) is 9.97 Å². The number of aliphatic hydroxyl groups is 1. The van der Waals surface area contributed by atoms with E-state index in [1.165, 1.54) is 0 Å². The Hall–Kier alpha value is -1.45. The number of aliphatic hydroxyl groups excluding tert-OH is 1. The Labute approximate surface area is 105 Å². The molecule has 0 aliphatic rings. The summed E-state index contributed by atoms with van der Waals surface area (Å²) in [7, 11) is 0. The van der Waals surface area contributed by atoms with Crippen molar-refractivity contribution in [3.63, 3.8) is 0 Å². The van der Waals surface area contributed by atoms with Crippen LogP contribution < -0.4 is 0 Å². The van der Waals surface area contributed by atoms with Crippen LogP contribution in [0.1, 0.15) is 24.3 Å². The van der Waals surface area contributed by atoms with Crippen LogP contribution in [0.25, 0.3) is 11.4 Å². The Morgan fingerprint density at radius 3 is 2.41 bits per heavy atom. The molecule has 0 spiro atoms. The second kappa shape index (κ2) is 4.82. The average Bonchev–Trinajstić information content (AvgIpc) is 2.29. The molecule has 1 aromatic carbocycles. The highest BCUT2D eigenvalue weighted by atomic mass is 35.5. The maximum Gasteiger partial charge on any atom is 0.159 e. The van der Waals surface area contributed by atoms with Gasteiger partial charge in [-0.1, -0.05) is 11.6 Å². The van der Waals surface area contributed by atoms with E-state index in [2.05, 4.69) is 9.97 Å². The predicted molar refractivity (Wildman–Crippen MR) is 67.8 cm³/mol. The molecule has 17 heavy (non-hydrogen) atoms. The van der Waals surface area contributed by atoms with E-state index in [9.17, 15) is 5.11 Å². The first-order valence-corrected chi connectivity index (χ1v) is 5.73. The predicted octanol–water partition coefficient (Wildman–Crippen LogP) is 3.16. The van der Waals surface area contributed by atoms with Gasteiger partial charge in [0.05, 0.1) is 6.10 Å². The van der Waals surface area contributed by atoms with Crippen LogP contribution in [-0.4, -0.2) is 15.1 Å². The summed E-state index contributed by atoms with van der Waals surface area (Å²) in [5.41, 5.74) is 2.46. The molecule has 1 atom stereocenters. The zero-order valence-corrected chi connectivity index (χ0v) is 10.4. The minimum atomic E-state index is -0.547. The largest absolute Gasteiger partial charge is 0.389 e. The lowest BCUT2D eigenvalue weighted by Crippen LogP contribution is -2.01. The lowest BCUT2D eigenvalue weighted by Gasteiger charge is -2.09. The van der Waals surface area contributed by atoms with Crippen LogP contribution in [0.15, 0.2) is 30.5 Å². The maximum atomic E-state index is 9.50. The van der Waals surface area contributed by atoms with Gasteiger partial charge >= 0.3 is 0 Å². The number of hydrogen-bond donors (Lipinski definition) is 1. The zero-order valence-electron chi connectivity index (χ0n) is 9.68. The van der Waals surface area contributed by atoms with Gasteiger partial charge in [0.25, 0.3) is 0 Å². The molecule has 1 aromatic heterocycles. The van der Waals surface area contributed by atoms with Crippen LogP contribution in [0.4, 0.5) is 0 Å². The summed E-state index contributed by atoms with van der Waals surface area (Å²) in [6.07, 6.45) is 1.12. The fourth-order valence-corrected chi connectivity index (χ4v) is 1.75. The third-order valence-corrected chi connectivity index (χ3v) is 2.82. The molecule has 0 saturated carbocycles. The second-order valence-corrected chi connectivity index (χ2v) is 4.35. The summed E-state index contributed by atoms with van der Waals surface area (Å²) >= 11 is 5.82. The molecule has 2 aromatic rings. The smallest absolute Gasteiger partial charge is 0.159 e. The van der Waals surface area contributed by atoms with Crippen molar-refractivity contribution in [1.29, 1.82) is 0 Å². The summed E-state index contributed by atoms with van der Waals surface area (Å²) in [6, 6.07) is 7.36. The number of aryl methyl sites for hydroxylation is 1. The van der Waals surface area contributed by atoms with Crippen molar-refractivity contribution in [2.45, 2.75) is 20.0 Å². The van der Waals surface area contributed by atoms with Crippen LogP contribution in [0.2, 0.25) is 5.02 Å². The molecular weight excluding hydrogens is 236 g/mol.